The highest BCUT2D eigenvalue weighted by molar-refractivity contribution is 9.10. The maximum atomic E-state index is 5.47. The number of aryl methyl sites for hydroxylation is 1. The van der Waals surface area contributed by atoms with E-state index in [2.05, 4.69) is 47.6 Å². The molecule has 1 rings (SSSR count). The fraction of sp³-hybridized carbons (Fsp3) is 0.273. The summed E-state index contributed by atoms with van der Waals surface area (Å²) in [6, 6.07) is 6.28. The predicted octanol–water partition coefficient (Wildman–Crippen LogP) is 3.12. The van der Waals surface area contributed by atoms with E-state index in [-0.39, 0.29) is 0 Å². The van der Waals surface area contributed by atoms with Gasteiger partial charge in [-0.2, -0.15) is 0 Å². The molecule has 2 N–H and O–H groups in total. The van der Waals surface area contributed by atoms with Gasteiger partial charge in [0.1, 0.15) is 0 Å². The first kappa shape index (κ1) is 10.5. The van der Waals surface area contributed by atoms with Crippen molar-refractivity contribution in [3.8, 4) is 0 Å². The quantitative estimate of drug-likeness (QED) is 0.863. The molecular formula is C11H14BrN. The smallest absolute Gasteiger partial charge is 0.0183 e. The Morgan fingerprint density at radius 1 is 1.46 bits per heavy atom. The Hall–Kier alpha value is -0.600. The van der Waals surface area contributed by atoms with Crippen molar-refractivity contribution in [3.63, 3.8) is 0 Å². The summed E-state index contributed by atoms with van der Waals surface area (Å²) in [6.45, 7) is 6.73. The van der Waals surface area contributed by atoms with E-state index < -0.39 is 0 Å². The third-order valence-corrected chi connectivity index (χ3v) is 2.35. The van der Waals surface area contributed by atoms with Crippen molar-refractivity contribution in [1.29, 1.82) is 0 Å². The van der Waals surface area contributed by atoms with E-state index >= 15 is 0 Å². The number of hydrogen-bond donors (Lipinski definition) is 1. The lowest BCUT2D eigenvalue weighted by Gasteiger charge is -2.06. The summed E-state index contributed by atoms with van der Waals surface area (Å²) in [4.78, 5) is 0. The molecule has 0 fully saturated rings. The van der Waals surface area contributed by atoms with Gasteiger partial charge in [-0.1, -0.05) is 28.6 Å². The van der Waals surface area contributed by atoms with Gasteiger partial charge in [0.15, 0.2) is 0 Å². The van der Waals surface area contributed by atoms with Gasteiger partial charge in [-0.15, -0.1) is 0 Å². The number of benzene rings is 1. The molecule has 0 saturated heterocycles. The second-order valence-corrected chi connectivity index (χ2v) is 4.08. The lowest BCUT2D eigenvalue weighted by Crippen LogP contribution is -1.99. The molecule has 70 valence electrons. The summed E-state index contributed by atoms with van der Waals surface area (Å²) in [5, 5.41) is 0. The summed E-state index contributed by atoms with van der Waals surface area (Å²) >= 11 is 3.46. The number of halogens is 1. The molecule has 0 aliphatic carbocycles. The van der Waals surface area contributed by atoms with Crippen molar-refractivity contribution < 1.29 is 0 Å². The molecular weight excluding hydrogens is 226 g/mol. The minimum absolute atomic E-state index is 0.657. The monoisotopic (exact) mass is 239 g/mol. The van der Waals surface area contributed by atoms with Gasteiger partial charge in [0.25, 0.3) is 0 Å². The Kier molecular flexibility index (Phi) is 3.70. The Bertz CT molecular complexity index is 298. The SMILES string of the molecule is C=C(CCN)c1cc(C)cc(Br)c1. The summed E-state index contributed by atoms with van der Waals surface area (Å²) in [7, 11) is 0. The highest BCUT2D eigenvalue weighted by atomic mass is 79.9. The summed E-state index contributed by atoms with van der Waals surface area (Å²) < 4.78 is 1.10. The third-order valence-electron chi connectivity index (χ3n) is 1.90. The molecule has 1 aromatic rings. The topological polar surface area (TPSA) is 26.0 Å². The molecule has 0 heterocycles. The molecule has 0 spiro atoms. The van der Waals surface area contributed by atoms with Crippen LogP contribution in [-0.2, 0) is 0 Å². The van der Waals surface area contributed by atoms with Crippen LogP contribution in [0.1, 0.15) is 17.5 Å². The largest absolute Gasteiger partial charge is 0.330 e. The molecule has 13 heavy (non-hydrogen) atoms. The highest BCUT2D eigenvalue weighted by Gasteiger charge is 1.99. The van der Waals surface area contributed by atoms with Crippen molar-refractivity contribution in [1.82, 2.24) is 0 Å². The van der Waals surface area contributed by atoms with Crippen molar-refractivity contribution in [2.45, 2.75) is 13.3 Å². The van der Waals surface area contributed by atoms with Crippen LogP contribution in [0.3, 0.4) is 0 Å². The van der Waals surface area contributed by atoms with Crippen LogP contribution in [0.15, 0.2) is 29.3 Å². The maximum absolute atomic E-state index is 5.47. The summed E-state index contributed by atoms with van der Waals surface area (Å²) in [6.07, 6.45) is 0.857. The van der Waals surface area contributed by atoms with E-state index in [0.29, 0.717) is 6.54 Å². The van der Waals surface area contributed by atoms with E-state index in [4.69, 9.17) is 5.73 Å². The Morgan fingerprint density at radius 2 is 2.15 bits per heavy atom. The number of rotatable bonds is 3. The minimum Gasteiger partial charge on any atom is -0.330 e. The van der Waals surface area contributed by atoms with Crippen molar-refractivity contribution in [2.24, 2.45) is 5.73 Å². The Labute approximate surface area is 87.8 Å². The van der Waals surface area contributed by atoms with Crippen molar-refractivity contribution in [3.05, 3.63) is 40.4 Å². The van der Waals surface area contributed by atoms with E-state index in [0.717, 1.165) is 16.5 Å². The standard InChI is InChI=1S/C11H14BrN/c1-8-5-10(7-11(12)6-8)9(2)3-4-13/h5-7H,2-4,13H2,1H3. The van der Waals surface area contributed by atoms with Crippen LogP contribution in [0.4, 0.5) is 0 Å². The average molecular weight is 240 g/mol. The molecule has 0 aromatic heterocycles. The Morgan fingerprint density at radius 3 is 2.69 bits per heavy atom. The zero-order valence-electron chi connectivity index (χ0n) is 7.81. The van der Waals surface area contributed by atoms with E-state index in [1.165, 1.54) is 11.1 Å². The second kappa shape index (κ2) is 4.58. The fourth-order valence-corrected chi connectivity index (χ4v) is 1.87. The fourth-order valence-electron chi connectivity index (χ4n) is 1.26. The predicted molar refractivity (Wildman–Crippen MR) is 61.6 cm³/mol. The van der Waals surface area contributed by atoms with E-state index in [1.54, 1.807) is 0 Å². The van der Waals surface area contributed by atoms with E-state index in [9.17, 15) is 0 Å². The maximum Gasteiger partial charge on any atom is 0.0183 e. The van der Waals surface area contributed by atoms with Crippen LogP contribution in [0.2, 0.25) is 0 Å². The van der Waals surface area contributed by atoms with Gasteiger partial charge in [-0.05, 0) is 48.7 Å². The van der Waals surface area contributed by atoms with Gasteiger partial charge < -0.3 is 5.73 Å². The van der Waals surface area contributed by atoms with Gasteiger partial charge in [-0.25, -0.2) is 0 Å². The molecule has 0 radical (unpaired) electrons. The van der Waals surface area contributed by atoms with Crippen LogP contribution < -0.4 is 5.73 Å². The normalized spacial score (nSPS) is 10.1. The molecule has 1 nitrogen and oxygen atoms in total. The van der Waals surface area contributed by atoms with Crippen LogP contribution in [0, 0.1) is 6.92 Å². The molecule has 0 amide bonds. The molecule has 0 aliphatic heterocycles. The van der Waals surface area contributed by atoms with Gasteiger partial charge in [0.2, 0.25) is 0 Å². The highest BCUT2D eigenvalue weighted by Crippen LogP contribution is 2.21. The molecule has 2 heteroatoms. The van der Waals surface area contributed by atoms with Gasteiger partial charge in [-0.3, -0.25) is 0 Å². The molecule has 0 saturated carbocycles. The van der Waals surface area contributed by atoms with Gasteiger partial charge in [0, 0.05) is 4.47 Å². The van der Waals surface area contributed by atoms with E-state index in [1.807, 2.05) is 0 Å². The second-order valence-electron chi connectivity index (χ2n) is 3.16. The summed E-state index contributed by atoms with van der Waals surface area (Å²) in [5.74, 6) is 0. The Balaban J connectivity index is 2.94. The molecule has 0 bridgehead atoms. The average Bonchev–Trinajstić information content (AvgIpc) is 2.03. The molecule has 0 aliphatic rings. The first-order valence-electron chi connectivity index (χ1n) is 4.29. The molecule has 0 atom stereocenters. The number of nitrogens with two attached hydrogens (primary N) is 1. The van der Waals surface area contributed by atoms with Gasteiger partial charge in [0.05, 0.1) is 0 Å². The first-order chi connectivity index (χ1) is 6.13. The van der Waals surface area contributed by atoms with Crippen LogP contribution in [0.25, 0.3) is 5.57 Å². The zero-order chi connectivity index (χ0) is 9.84. The lowest BCUT2D eigenvalue weighted by molar-refractivity contribution is 1.02. The lowest BCUT2D eigenvalue weighted by atomic mass is 10.0. The zero-order valence-corrected chi connectivity index (χ0v) is 9.39. The van der Waals surface area contributed by atoms with Crippen molar-refractivity contribution >= 4 is 21.5 Å². The molecule has 0 unspecified atom stereocenters. The van der Waals surface area contributed by atoms with Crippen LogP contribution in [-0.4, -0.2) is 6.54 Å². The number of hydrogen-bond acceptors (Lipinski definition) is 1. The van der Waals surface area contributed by atoms with Crippen LogP contribution >= 0.6 is 15.9 Å². The summed E-state index contributed by atoms with van der Waals surface area (Å²) in [5.41, 5.74) is 8.99. The molecule has 1 aromatic carbocycles. The van der Waals surface area contributed by atoms with Crippen LogP contribution in [0.5, 0.6) is 0 Å². The minimum atomic E-state index is 0.657. The van der Waals surface area contributed by atoms with Gasteiger partial charge >= 0.3 is 0 Å². The van der Waals surface area contributed by atoms with Crippen molar-refractivity contribution in [2.75, 3.05) is 6.54 Å². The third kappa shape index (κ3) is 2.98. The first-order valence-corrected chi connectivity index (χ1v) is 5.08.